The third kappa shape index (κ3) is 7.86. The Hall–Kier alpha value is -9.04. The summed E-state index contributed by atoms with van der Waals surface area (Å²) in [6.45, 7) is 0. The molecule has 0 spiro atoms. The van der Waals surface area contributed by atoms with Gasteiger partial charge in [0.2, 0.25) is 0 Å². The molecule has 0 saturated carbocycles. The Morgan fingerprint density at radius 1 is 0.188 bits per heavy atom. The molecule has 0 aromatic heterocycles. The lowest BCUT2D eigenvalue weighted by Crippen LogP contribution is -2.12. The molecule has 324 valence electrons. The molecule has 0 bridgehead atoms. The molecule has 69 heavy (non-hydrogen) atoms. The van der Waals surface area contributed by atoms with Gasteiger partial charge in [-0.05, 0) is 113 Å². The van der Waals surface area contributed by atoms with E-state index in [1.807, 2.05) is 0 Å². The molecule has 0 saturated heterocycles. The van der Waals surface area contributed by atoms with E-state index in [1.54, 1.807) is 0 Å². The van der Waals surface area contributed by atoms with E-state index in [-0.39, 0.29) is 0 Å². The molecule has 0 aliphatic carbocycles. The molecule has 12 aromatic carbocycles. The summed E-state index contributed by atoms with van der Waals surface area (Å²) in [7, 11) is 0. The Morgan fingerprint density at radius 3 is 1.00 bits per heavy atom. The van der Waals surface area contributed by atoms with Crippen molar-refractivity contribution < 1.29 is 0 Å². The molecule has 0 amide bonds. The van der Waals surface area contributed by atoms with Gasteiger partial charge in [-0.3, -0.25) is 0 Å². The van der Waals surface area contributed by atoms with Crippen molar-refractivity contribution in [2.24, 2.45) is 0 Å². The van der Waals surface area contributed by atoms with Crippen LogP contribution in [-0.2, 0) is 0 Å². The third-order valence-corrected chi connectivity index (χ3v) is 13.5. The molecule has 0 fully saturated rings. The van der Waals surface area contributed by atoms with Gasteiger partial charge in [-0.2, -0.15) is 0 Å². The number of anilines is 3. The first-order valence-electron chi connectivity index (χ1n) is 23.8. The lowest BCUT2D eigenvalue weighted by atomic mass is 9.82. The Bertz CT molecular complexity index is 3640. The maximum absolute atomic E-state index is 2.45. The number of hydrogen-bond acceptors (Lipinski definition) is 1. The average Bonchev–Trinajstić information content (AvgIpc) is 3.44. The fourth-order valence-electron chi connectivity index (χ4n) is 10.3. The van der Waals surface area contributed by atoms with Gasteiger partial charge in [0.05, 0.1) is 5.69 Å². The van der Waals surface area contributed by atoms with Crippen molar-refractivity contribution in [1.82, 2.24) is 0 Å². The van der Waals surface area contributed by atoms with Crippen molar-refractivity contribution in [3.05, 3.63) is 285 Å². The zero-order valence-corrected chi connectivity index (χ0v) is 38.1. The van der Waals surface area contributed by atoms with Crippen LogP contribution in [0.4, 0.5) is 17.1 Å². The minimum atomic E-state index is 1.07. The fraction of sp³-hybridized carbons (Fsp3) is 0. The first-order chi connectivity index (χ1) is 34.3. The fourth-order valence-corrected chi connectivity index (χ4v) is 10.3. The molecule has 0 aliphatic heterocycles. The maximum atomic E-state index is 2.45. The van der Waals surface area contributed by atoms with Crippen LogP contribution >= 0.6 is 0 Å². The highest BCUT2D eigenvalue weighted by molar-refractivity contribution is 6.25. The summed E-state index contributed by atoms with van der Waals surface area (Å²) >= 11 is 0. The number of para-hydroxylation sites is 1. The van der Waals surface area contributed by atoms with Gasteiger partial charge in [0.1, 0.15) is 0 Å². The van der Waals surface area contributed by atoms with E-state index in [9.17, 15) is 0 Å². The zero-order valence-electron chi connectivity index (χ0n) is 38.1. The molecule has 1 heteroatoms. The molecular formula is C68H47N. The second kappa shape index (κ2) is 18.3. The molecule has 12 rings (SSSR count). The van der Waals surface area contributed by atoms with Gasteiger partial charge in [-0.15, -0.1) is 0 Å². The van der Waals surface area contributed by atoms with Crippen LogP contribution in [0.1, 0.15) is 0 Å². The van der Waals surface area contributed by atoms with Gasteiger partial charge in [-0.25, -0.2) is 0 Å². The van der Waals surface area contributed by atoms with Crippen LogP contribution in [0.5, 0.6) is 0 Å². The minimum absolute atomic E-state index is 1.07. The van der Waals surface area contributed by atoms with Crippen LogP contribution in [0.15, 0.2) is 285 Å². The van der Waals surface area contributed by atoms with E-state index < -0.39 is 0 Å². The molecule has 0 atom stereocenters. The van der Waals surface area contributed by atoms with Gasteiger partial charge in [0, 0.05) is 22.5 Å². The van der Waals surface area contributed by atoms with Crippen LogP contribution in [0, 0.1) is 0 Å². The molecule has 0 aliphatic rings. The van der Waals surface area contributed by atoms with Crippen molar-refractivity contribution in [3.63, 3.8) is 0 Å². The summed E-state index contributed by atoms with van der Waals surface area (Å²) in [6, 6.07) is 104. The smallest absolute Gasteiger partial charge is 0.0618 e. The summed E-state index contributed by atoms with van der Waals surface area (Å²) in [4.78, 5) is 2.45. The highest BCUT2D eigenvalue weighted by Gasteiger charge is 2.24. The molecule has 0 unspecified atom stereocenters. The van der Waals surface area contributed by atoms with E-state index in [0.29, 0.717) is 0 Å². The lowest BCUT2D eigenvalue weighted by molar-refractivity contribution is 1.28. The standard InChI is InChI=1S/C68H47N/c1-6-20-48(21-7-1)49-36-38-50(39-37-49)51-40-44-57(45-41-51)69(68-60(52-22-8-2-9-23-52)33-19-34-61(68)53-24-10-3-11-25-53)58-46-42-54(43-47-58)59-32-18-35-64-62-30-16-17-31-63(62)65(55-26-12-4-13-27-55)66(67(59)64)56-28-14-5-15-29-56/h1-47H. The summed E-state index contributed by atoms with van der Waals surface area (Å²) in [5.41, 5.74) is 19.9. The first kappa shape index (κ1) is 41.4. The van der Waals surface area contributed by atoms with Gasteiger partial charge >= 0.3 is 0 Å². The van der Waals surface area contributed by atoms with Crippen LogP contribution < -0.4 is 4.90 Å². The Balaban J connectivity index is 1.05. The zero-order chi connectivity index (χ0) is 45.9. The minimum Gasteiger partial charge on any atom is -0.309 e. The monoisotopic (exact) mass is 877 g/mol. The van der Waals surface area contributed by atoms with Crippen molar-refractivity contribution in [2.45, 2.75) is 0 Å². The van der Waals surface area contributed by atoms with Gasteiger partial charge < -0.3 is 4.90 Å². The largest absolute Gasteiger partial charge is 0.309 e. The summed E-state index contributed by atoms with van der Waals surface area (Å²) in [5.74, 6) is 0. The van der Waals surface area contributed by atoms with Crippen molar-refractivity contribution >= 4 is 38.6 Å². The van der Waals surface area contributed by atoms with Crippen LogP contribution in [0.25, 0.3) is 99.4 Å². The highest BCUT2D eigenvalue weighted by Crippen LogP contribution is 2.50. The second-order valence-electron chi connectivity index (χ2n) is 17.6. The quantitative estimate of drug-likeness (QED) is 0.124. The van der Waals surface area contributed by atoms with Gasteiger partial charge in [0.15, 0.2) is 0 Å². The third-order valence-electron chi connectivity index (χ3n) is 13.5. The number of nitrogens with zero attached hydrogens (tertiary/aromatic N) is 1. The number of benzene rings is 12. The average molecular weight is 878 g/mol. The number of rotatable bonds is 10. The molecular weight excluding hydrogens is 831 g/mol. The van der Waals surface area contributed by atoms with E-state index in [0.717, 1.165) is 44.9 Å². The molecule has 0 heterocycles. The molecule has 0 N–H and O–H groups in total. The van der Waals surface area contributed by atoms with Gasteiger partial charge in [-0.1, -0.05) is 261 Å². The highest BCUT2D eigenvalue weighted by atomic mass is 15.1. The predicted molar refractivity (Wildman–Crippen MR) is 294 cm³/mol. The van der Waals surface area contributed by atoms with Gasteiger partial charge in [0.25, 0.3) is 0 Å². The van der Waals surface area contributed by atoms with E-state index >= 15 is 0 Å². The number of fused-ring (bicyclic) bond motifs is 3. The SMILES string of the molecule is c1ccc(-c2ccc(-c3ccc(N(c4ccc(-c5cccc6c5c(-c5ccccc5)c(-c5ccccc5)c5ccccc56)cc4)c4c(-c5ccccc5)cccc4-c4ccccc4)cc3)cc2)cc1. The van der Waals surface area contributed by atoms with E-state index in [2.05, 4.69) is 290 Å². The van der Waals surface area contributed by atoms with Crippen LogP contribution in [0.3, 0.4) is 0 Å². The predicted octanol–water partition coefficient (Wildman–Crippen LogP) is 19.1. The van der Waals surface area contributed by atoms with Crippen molar-refractivity contribution in [1.29, 1.82) is 0 Å². The summed E-state index contributed by atoms with van der Waals surface area (Å²) < 4.78 is 0. The first-order valence-corrected chi connectivity index (χ1v) is 23.8. The molecule has 12 aromatic rings. The van der Waals surface area contributed by atoms with Crippen molar-refractivity contribution in [2.75, 3.05) is 4.90 Å². The Kier molecular flexibility index (Phi) is 11.0. The number of hydrogen-bond donors (Lipinski definition) is 0. The maximum Gasteiger partial charge on any atom is 0.0618 e. The van der Waals surface area contributed by atoms with Crippen molar-refractivity contribution in [3.8, 4) is 77.9 Å². The van der Waals surface area contributed by atoms with E-state index in [4.69, 9.17) is 0 Å². The second-order valence-corrected chi connectivity index (χ2v) is 17.6. The van der Waals surface area contributed by atoms with Crippen LogP contribution in [-0.4, -0.2) is 0 Å². The normalized spacial score (nSPS) is 11.2. The summed E-state index contributed by atoms with van der Waals surface area (Å²) in [6.07, 6.45) is 0. The van der Waals surface area contributed by atoms with Crippen LogP contribution in [0.2, 0.25) is 0 Å². The molecule has 0 radical (unpaired) electrons. The summed E-state index contributed by atoms with van der Waals surface area (Å²) in [5, 5.41) is 4.99. The Labute approximate surface area is 404 Å². The molecule has 1 nitrogen and oxygen atoms in total. The van der Waals surface area contributed by atoms with E-state index in [1.165, 1.54) is 71.6 Å². The Morgan fingerprint density at radius 2 is 0.507 bits per heavy atom. The topological polar surface area (TPSA) is 3.24 Å². The lowest BCUT2D eigenvalue weighted by Gasteiger charge is -2.31.